The van der Waals surface area contributed by atoms with Gasteiger partial charge < -0.3 is 0 Å². The van der Waals surface area contributed by atoms with Crippen LogP contribution < -0.4 is 0 Å². The molecule has 0 saturated carbocycles. The highest BCUT2D eigenvalue weighted by molar-refractivity contribution is 9.10. The first-order valence-corrected chi connectivity index (χ1v) is 6.28. The lowest BCUT2D eigenvalue weighted by Gasteiger charge is -2.04. The average molecular weight is 255 g/mol. The lowest BCUT2D eigenvalue weighted by Crippen LogP contribution is -1.87. The Balaban J connectivity index is 2.39. The fourth-order valence-corrected chi connectivity index (χ4v) is 1.86. The van der Waals surface area contributed by atoms with E-state index in [-0.39, 0.29) is 0 Å². The molecule has 0 nitrogen and oxygen atoms in total. The maximum absolute atomic E-state index is 3.52. The first-order valence-electron chi connectivity index (χ1n) is 5.49. The summed E-state index contributed by atoms with van der Waals surface area (Å²) >= 11 is 3.52. The monoisotopic (exact) mass is 254 g/mol. The van der Waals surface area contributed by atoms with E-state index in [1.165, 1.54) is 47.7 Å². The Bertz CT molecular complexity index is 279. The Hall–Kier alpha value is -0.300. The third-order valence-electron chi connectivity index (χ3n) is 2.54. The van der Waals surface area contributed by atoms with Crippen molar-refractivity contribution in [1.82, 2.24) is 0 Å². The normalized spacial score (nSPS) is 10.5. The molecule has 0 aliphatic rings. The summed E-state index contributed by atoms with van der Waals surface area (Å²) in [5.41, 5.74) is 2.82. The molecule has 0 unspecified atom stereocenters. The standard InChI is InChI=1S/C13H19Br/c1-3-4-5-6-7-12-8-9-13(14)11(2)10-12/h8-10H,3-7H2,1-2H3. The van der Waals surface area contributed by atoms with Crippen molar-refractivity contribution in [3.05, 3.63) is 33.8 Å². The van der Waals surface area contributed by atoms with Crippen molar-refractivity contribution in [2.45, 2.75) is 46.0 Å². The van der Waals surface area contributed by atoms with Gasteiger partial charge in [-0.25, -0.2) is 0 Å². The van der Waals surface area contributed by atoms with Gasteiger partial charge in [-0.2, -0.15) is 0 Å². The smallest absolute Gasteiger partial charge is 0.0204 e. The van der Waals surface area contributed by atoms with Crippen molar-refractivity contribution in [1.29, 1.82) is 0 Å². The number of unbranched alkanes of at least 4 members (excludes halogenated alkanes) is 3. The van der Waals surface area contributed by atoms with Crippen LogP contribution in [0, 0.1) is 6.92 Å². The molecule has 0 radical (unpaired) electrons. The molecule has 0 amide bonds. The van der Waals surface area contributed by atoms with Gasteiger partial charge in [0.2, 0.25) is 0 Å². The van der Waals surface area contributed by atoms with Gasteiger partial charge in [0.05, 0.1) is 0 Å². The molecule has 0 spiro atoms. The van der Waals surface area contributed by atoms with Crippen molar-refractivity contribution in [2.24, 2.45) is 0 Å². The molecular formula is C13H19Br. The van der Waals surface area contributed by atoms with Gasteiger partial charge in [0.15, 0.2) is 0 Å². The molecule has 78 valence electrons. The summed E-state index contributed by atoms with van der Waals surface area (Å²) in [6.45, 7) is 4.41. The van der Waals surface area contributed by atoms with Crippen LogP contribution in [0.3, 0.4) is 0 Å². The second kappa shape index (κ2) is 6.23. The highest BCUT2D eigenvalue weighted by Gasteiger charge is 1.97. The largest absolute Gasteiger partial charge is 0.0654 e. The second-order valence-corrected chi connectivity index (χ2v) is 4.75. The summed E-state index contributed by atoms with van der Waals surface area (Å²) < 4.78 is 1.22. The summed E-state index contributed by atoms with van der Waals surface area (Å²) in [5.74, 6) is 0. The van der Waals surface area contributed by atoms with E-state index in [0.29, 0.717) is 0 Å². The van der Waals surface area contributed by atoms with Gasteiger partial charge in [-0.1, -0.05) is 54.2 Å². The van der Waals surface area contributed by atoms with Gasteiger partial charge in [-0.15, -0.1) is 0 Å². The molecule has 0 saturated heterocycles. The molecule has 0 aliphatic heterocycles. The Morgan fingerprint density at radius 1 is 1.14 bits per heavy atom. The summed E-state index contributed by atoms with van der Waals surface area (Å²) in [7, 11) is 0. The van der Waals surface area contributed by atoms with E-state index in [9.17, 15) is 0 Å². The van der Waals surface area contributed by atoms with E-state index in [4.69, 9.17) is 0 Å². The lowest BCUT2D eigenvalue weighted by atomic mass is 10.0. The fraction of sp³-hybridized carbons (Fsp3) is 0.538. The SMILES string of the molecule is CCCCCCc1ccc(Br)c(C)c1. The Morgan fingerprint density at radius 3 is 2.57 bits per heavy atom. The molecule has 0 aliphatic carbocycles. The number of aryl methyl sites for hydroxylation is 2. The van der Waals surface area contributed by atoms with Crippen LogP contribution >= 0.6 is 15.9 Å². The van der Waals surface area contributed by atoms with Gasteiger partial charge in [0.25, 0.3) is 0 Å². The minimum atomic E-state index is 1.22. The predicted octanol–water partition coefficient (Wildman–Crippen LogP) is 4.88. The first-order chi connectivity index (χ1) is 6.74. The van der Waals surface area contributed by atoms with E-state index >= 15 is 0 Å². The van der Waals surface area contributed by atoms with Crippen LogP contribution in [-0.4, -0.2) is 0 Å². The van der Waals surface area contributed by atoms with Crippen molar-refractivity contribution in [3.8, 4) is 0 Å². The summed E-state index contributed by atoms with van der Waals surface area (Å²) in [4.78, 5) is 0. The summed E-state index contributed by atoms with van der Waals surface area (Å²) in [6, 6.07) is 6.67. The topological polar surface area (TPSA) is 0 Å². The number of halogens is 1. The number of rotatable bonds is 5. The number of benzene rings is 1. The van der Waals surface area contributed by atoms with E-state index in [0.717, 1.165) is 0 Å². The molecule has 0 heterocycles. The molecule has 14 heavy (non-hydrogen) atoms. The van der Waals surface area contributed by atoms with Gasteiger partial charge in [-0.3, -0.25) is 0 Å². The quantitative estimate of drug-likeness (QED) is 0.658. The molecular weight excluding hydrogens is 236 g/mol. The Kier molecular flexibility index (Phi) is 5.24. The number of hydrogen-bond donors (Lipinski definition) is 0. The lowest BCUT2D eigenvalue weighted by molar-refractivity contribution is 0.666. The number of hydrogen-bond acceptors (Lipinski definition) is 0. The molecule has 0 bridgehead atoms. The molecule has 0 atom stereocenters. The zero-order valence-electron chi connectivity index (χ0n) is 9.15. The van der Waals surface area contributed by atoms with Crippen molar-refractivity contribution < 1.29 is 0 Å². The van der Waals surface area contributed by atoms with Crippen LogP contribution in [0.25, 0.3) is 0 Å². The van der Waals surface area contributed by atoms with Crippen LogP contribution in [0.4, 0.5) is 0 Å². The van der Waals surface area contributed by atoms with E-state index in [1.807, 2.05) is 0 Å². The molecule has 0 N–H and O–H groups in total. The first kappa shape index (κ1) is 11.8. The molecule has 1 rings (SSSR count). The van der Waals surface area contributed by atoms with Crippen LogP contribution in [0.5, 0.6) is 0 Å². The third-order valence-corrected chi connectivity index (χ3v) is 3.43. The highest BCUT2D eigenvalue weighted by atomic mass is 79.9. The summed E-state index contributed by atoms with van der Waals surface area (Å²) in [6.07, 6.45) is 6.61. The van der Waals surface area contributed by atoms with Crippen LogP contribution in [0.1, 0.15) is 43.7 Å². The van der Waals surface area contributed by atoms with Crippen molar-refractivity contribution in [2.75, 3.05) is 0 Å². The second-order valence-electron chi connectivity index (χ2n) is 3.89. The zero-order valence-corrected chi connectivity index (χ0v) is 10.7. The summed E-state index contributed by atoms with van der Waals surface area (Å²) in [5, 5.41) is 0. The van der Waals surface area contributed by atoms with Crippen LogP contribution in [0.15, 0.2) is 22.7 Å². The maximum Gasteiger partial charge on any atom is 0.0204 e. The van der Waals surface area contributed by atoms with Gasteiger partial charge in [0.1, 0.15) is 0 Å². The third kappa shape index (κ3) is 3.83. The Labute approximate surface area is 95.9 Å². The van der Waals surface area contributed by atoms with Crippen LogP contribution in [0.2, 0.25) is 0 Å². The van der Waals surface area contributed by atoms with E-state index < -0.39 is 0 Å². The van der Waals surface area contributed by atoms with E-state index in [2.05, 4.69) is 48.0 Å². The highest BCUT2D eigenvalue weighted by Crippen LogP contribution is 2.18. The Morgan fingerprint density at radius 2 is 1.93 bits per heavy atom. The molecule has 1 heteroatoms. The fourth-order valence-electron chi connectivity index (χ4n) is 1.62. The zero-order chi connectivity index (χ0) is 10.4. The van der Waals surface area contributed by atoms with E-state index in [1.54, 1.807) is 0 Å². The predicted molar refractivity (Wildman–Crippen MR) is 66.7 cm³/mol. The van der Waals surface area contributed by atoms with Gasteiger partial charge in [0, 0.05) is 4.47 Å². The molecule has 1 aromatic carbocycles. The molecule has 0 aromatic heterocycles. The van der Waals surface area contributed by atoms with Crippen molar-refractivity contribution in [3.63, 3.8) is 0 Å². The molecule has 1 aromatic rings. The van der Waals surface area contributed by atoms with Gasteiger partial charge >= 0.3 is 0 Å². The maximum atomic E-state index is 3.52. The van der Waals surface area contributed by atoms with Crippen LogP contribution in [-0.2, 0) is 6.42 Å². The van der Waals surface area contributed by atoms with Gasteiger partial charge in [-0.05, 0) is 37.0 Å². The van der Waals surface area contributed by atoms with Crippen molar-refractivity contribution >= 4 is 15.9 Å². The molecule has 0 fully saturated rings. The average Bonchev–Trinajstić information content (AvgIpc) is 2.18. The minimum Gasteiger partial charge on any atom is -0.0654 e. The minimum absolute atomic E-state index is 1.22.